The van der Waals surface area contributed by atoms with Crippen molar-refractivity contribution in [2.75, 3.05) is 38.1 Å². The van der Waals surface area contributed by atoms with Crippen LogP contribution in [0.4, 0.5) is 20.4 Å². The van der Waals surface area contributed by atoms with E-state index in [0.29, 0.717) is 45.7 Å². The first-order chi connectivity index (χ1) is 38.6. The normalized spacial score (nSPS) is 21.5. The first-order valence-corrected chi connectivity index (χ1v) is 26.9. The molecule has 79 heavy (non-hydrogen) atoms. The summed E-state index contributed by atoms with van der Waals surface area (Å²) in [5.41, 5.74) is 2.09. The number of ether oxygens (including phenoxy) is 5. The quantitative estimate of drug-likeness (QED) is 0.0570. The minimum atomic E-state index is -1.99. The van der Waals surface area contributed by atoms with Gasteiger partial charge in [-0.2, -0.15) is 0 Å². The zero-order valence-electron chi connectivity index (χ0n) is 43.1. The van der Waals surface area contributed by atoms with Gasteiger partial charge in [-0.05, 0) is 71.6 Å². The van der Waals surface area contributed by atoms with Crippen molar-refractivity contribution in [3.05, 3.63) is 193 Å². The van der Waals surface area contributed by atoms with Crippen molar-refractivity contribution in [1.29, 1.82) is 0 Å². The van der Waals surface area contributed by atoms with Gasteiger partial charge in [-0.1, -0.05) is 97.9 Å². The number of alkyl halides is 2. The molecular formula is C57H53F2N10O9P. The smallest absolute Gasteiger partial charge is 0.256 e. The molecule has 11 rings (SSSR count). The molecule has 2 amide bonds. The van der Waals surface area contributed by atoms with Crippen molar-refractivity contribution in [2.45, 2.75) is 68.2 Å². The fourth-order valence-corrected chi connectivity index (χ4v) is 10.9. The van der Waals surface area contributed by atoms with E-state index in [0.717, 1.165) is 0 Å². The zero-order chi connectivity index (χ0) is 54.6. The molecule has 2 fully saturated rings. The summed E-state index contributed by atoms with van der Waals surface area (Å²) in [6, 6.07) is 41.3. The summed E-state index contributed by atoms with van der Waals surface area (Å²) in [5, 5.41) is 5.61. The number of nitrogens with one attached hydrogen (secondary N) is 2. The van der Waals surface area contributed by atoms with Crippen molar-refractivity contribution in [3.63, 3.8) is 0 Å². The lowest BCUT2D eigenvalue weighted by atomic mass is 9.79. The van der Waals surface area contributed by atoms with Gasteiger partial charge in [0.1, 0.15) is 48.1 Å². The fraction of sp³-hybridized carbons (Fsp3) is 0.263. The van der Waals surface area contributed by atoms with E-state index in [1.54, 1.807) is 117 Å². The summed E-state index contributed by atoms with van der Waals surface area (Å²) in [6.45, 7) is 3.16. The number of halogens is 2. The Morgan fingerprint density at radius 1 is 0.595 bits per heavy atom. The van der Waals surface area contributed by atoms with E-state index in [4.69, 9.17) is 32.7 Å². The largest absolute Gasteiger partial charge is 0.497 e. The number of benzene rings is 5. The molecule has 6 unspecified atom stereocenters. The van der Waals surface area contributed by atoms with Crippen LogP contribution in [0.25, 0.3) is 22.3 Å². The Morgan fingerprint density at radius 3 is 1.56 bits per heavy atom. The second kappa shape index (κ2) is 23.0. The molecule has 0 aliphatic carbocycles. The van der Waals surface area contributed by atoms with Gasteiger partial charge < -0.3 is 43.4 Å². The molecule has 9 atom stereocenters. The second-order valence-corrected chi connectivity index (χ2v) is 19.9. The summed E-state index contributed by atoms with van der Waals surface area (Å²) in [6.07, 6.45) is -5.13. The number of hydrogen-bond donors (Lipinski definition) is 2. The van der Waals surface area contributed by atoms with Crippen LogP contribution >= 0.6 is 8.38 Å². The molecule has 5 aromatic carbocycles. The van der Waals surface area contributed by atoms with E-state index in [1.807, 2.05) is 54.6 Å². The Hall–Kier alpha value is -8.17. The monoisotopic (exact) mass is 1090 g/mol. The highest BCUT2D eigenvalue weighted by atomic mass is 31.2. The van der Waals surface area contributed by atoms with Gasteiger partial charge in [0, 0.05) is 17.8 Å². The van der Waals surface area contributed by atoms with Crippen molar-refractivity contribution < 1.29 is 51.1 Å². The minimum absolute atomic E-state index is 0.103. The number of methoxy groups -OCH3 is 2. The Kier molecular flexibility index (Phi) is 15.4. The third-order valence-electron chi connectivity index (χ3n) is 13.9. The van der Waals surface area contributed by atoms with Gasteiger partial charge in [0.05, 0.1) is 39.6 Å². The number of anilines is 2. The van der Waals surface area contributed by atoms with Crippen LogP contribution in [0, 0.1) is 0 Å². The number of carbonyl (C=O) groups excluding carboxylic acids is 2. The predicted octanol–water partition coefficient (Wildman–Crippen LogP) is 9.79. The maximum atomic E-state index is 18.3. The minimum Gasteiger partial charge on any atom is -0.497 e. The topological polar surface area (TPSA) is 210 Å². The Bertz CT molecular complexity index is 3510. The van der Waals surface area contributed by atoms with Gasteiger partial charge in [-0.25, -0.2) is 38.7 Å². The van der Waals surface area contributed by atoms with E-state index in [2.05, 4.69) is 40.5 Å². The number of amides is 2. The van der Waals surface area contributed by atoms with Crippen LogP contribution in [-0.2, 0) is 28.9 Å². The molecule has 2 aliphatic heterocycles. The number of imidazole rings is 2. The average Bonchev–Trinajstić information content (AvgIpc) is 4.49. The molecule has 2 N–H and O–H groups in total. The summed E-state index contributed by atoms with van der Waals surface area (Å²) in [5.74, 6) is 0.598. The molecule has 0 bridgehead atoms. The lowest BCUT2D eigenvalue weighted by Gasteiger charge is -2.39. The summed E-state index contributed by atoms with van der Waals surface area (Å²) in [7, 11) is 1.15. The Morgan fingerprint density at radius 2 is 1.06 bits per heavy atom. The highest BCUT2D eigenvalue weighted by molar-refractivity contribution is 7.46. The number of rotatable bonds is 19. The van der Waals surface area contributed by atoms with Crippen molar-refractivity contribution in [3.8, 4) is 11.5 Å². The summed E-state index contributed by atoms with van der Waals surface area (Å²) in [4.78, 5) is 53.1. The fourth-order valence-electron chi connectivity index (χ4n) is 9.96. The van der Waals surface area contributed by atoms with Gasteiger partial charge in [-0.15, -0.1) is 0 Å². The van der Waals surface area contributed by atoms with Crippen LogP contribution in [0.1, 0.15) is 63.2 Å². The maximum Gasteiger partial charge on any atom is 0.256 e. The second-order valence-electron chi connectivity index (χ2n) is 18.6. The van der Waals surface area contributed by atoms with E-state index >= 15 is 8.78 Å². The van der Waals surface area contributed by atoms with Crippen molar-refractivity contribution in [1.82, 2.24) is 39.0 Å². The van der Waals surface area contributed by atoms with Crippen LogP contribution in [0.5, 0.6) is 11.5 Å². The molecule has 0 spiro atoms. The Balaban J connectivity index is 0.928. The van der Waals surface area contributed by atoms with E-state index in [1.165, 1.54) is 29.9 Å². The molecule has 2 aliphatic rings. The zero-order valence-corrected chi connectivity index (χ0v) is 44.0. The molecule has 19 nitrogen and oxygen atoms in total. The maximum absolute atomic E-state index is 18.3. The van der Waals surface area contributed by atoms with E-state index in [9.17, 15) is 9.59 Å². The number of aromatic nitrogens is 8. The molecular weight excluding hydrogens is 1040 g/mol. The average molecular weight is 1090 g/mol. The molecule has 4 aromatic heterocycles. The van der Waals surface area contributed by atoms with E-state index in [-0.39, 0.29) is 40.6 Å². The van der Waals surface area contributed by atoms with Crippen LogP contribution in [-0.4, -0.2) is 115 Å². The van der Waals surface area contributed by atoms with Crippen LogP contribution < -0.4 is 20.1 Å². The number of carbonyl (C=O) groups is 2. The predicted molar refractivity (Wildman–Crippen MR) is 288 cm³/mol. The standard InChI is InChI=1S/C57H53F2N10O9P/c1-5-41-43(58)48(56(75-41)69-33-65-46-50(61-31-63-52(46)69)67-54(71)35-17-11-7-12-18-35)78-79(4)74-29-42-47(44(59)55(76-42)68-32-64-45-49(60-30-62-51(45)68)66-53(70)34-15-9-6-10-16-34)77-57(36-19-13-8-14-20-36,37-21-25-39(72-2)26-22-37)38-23-27-40(73-3)28-24-38/h6-28,30-33,41-44,47-48,55-56H,5,29H2,1-4H3,(H,60,62,66,70)(H,61,63,67,71)/t41?,42-,43?,44?,47+,48?,55-,56?,79?/m1/s1. The molecule has 2 saturated heterocycles. The van der Waals surface area contributed by atoms with E-state index < -0.39 is 75.0 Å². The SMILES string of the molecule is CCC1OC(n2cnc3c(NC(=O)c4ccccc4)ncnc32)C(OP(C)OC[C@H]2O[C@@H](n3cnc4c(NC(=O)c5ccccc5)ncnc43)C(F)[C@H]2OC(c2ccccc2)(c2ccc(OC)cc2)c2ccc(OC)cc2)C1F. The number of hydrogen-bond acceptors (Lipinski definition) is 15. The molecule has 0 saturated carbocycles. The van der Waals surface area contributed by atoms with Crippen LogP contribution in [0.2, 0.25) is 0 Å². The van der Waals surface area contributed by atoms with Crippen molar-refractivity contribution in [2.24, 2.45) is 0 Å². The van der Waals surface area contributed by atoms with Crippen LogP contribution in [0.15, 0.2) is 165 Å². The molecule has 404 valence electrons. The lowest BCUT2D eigenvalue weighted by Crippen LogP contribution is -2.44. The third-order valence-corrected chi connectivity index (χ3v) is 15.0. The number of fused-ring (bicyclic) bond motifs is 2. The molecule has 9 aromatic rings. The summed E-state index contributed by atoms with van der Waals surface area (Å²) >= 11 is 0. The molecule has 0 radical (unpaired) electrons. The highest BCUT2D eigenvalue weighted by Gasteiger charge is 2.53. The third kappa shape index (κ3) is 10.4. The number of nitrogens with zero attached hydrogens (tertiary/aromatic N) is 8. The first-order valence-electron chi connectivity index (χ1n) is 25.3. The summed E-state index contributed by atoms with van der Waals surface area (Å²) < 4.78 is 82.6. The Labute approximate surface area is 453 Å². The highest BCUT2D eigenvalue weighted by Crippen LogP contribution is 2.49. The van der Waals surface area contributed by atoms with Crippen molar-refractivity contribution >= 4 is 54.2 Å². The van der Waals surface area contributed by atoms with Gasteiger partial charge in [0.25, 0.3) is 11.8 Å². The van der Waals surface area contributed by atoms with Gasteiger partial charge in [0.2, 0.25) is 0 Å². The van der Waals surface area contributed by atoms with Gasteiger partial charge >= 0.3 is 0 Å². The first kappa shape index (κ1) is 52.9. The molecule has 22 heteroatoms. The molecule has 6 heterocycles. The lowest BCUT2D eigenvalue weighted by molar-refractivity contribution is -0.103. The van der Waals surface area contributed by atoms with Crippen LogP contribution in [0.3, 0.4) is 0 Å². The van der Waals surface area contributed by atoms with Gasteiger partial charge in [-0.3, -0.25) is 18.7 Å². The van der Waals surface area contributed by atoms with Gasteiger partial charge in [0.15, 0.2) is 67.1 Å².